The average Bonchev–Trinajstić information content (AvgIpc) is 3.67. The van der Waals surface area contributed by atoms with E-state index in [2.05, 4.69) is 20.6 Å². The summed E-state index contributed by atoms with van der Waals surface area (Å²) in [5, 5.41) is 11.7. The van der Waals surface area contributed by atoms with Crippen molar-refractivity contribution < 1.29 is 13.8 Å². The van der Waals surface area contributed by atoms with Gasteiger partial charge in [-0.2, -0.15) is 0 Å². The Kier molecular flexibility index (Phi) is 3.56. The molecule has 3 heterocycles. The molecule has 0 radical (unpaired) electrons. The van der Waals surface area contributed by atoms with Crippen molar-refractivity contribution in [1.29, 1.82) is 0 Å². The van der Waals surface area contributed by atoms with E-state index in [1.165, 1.54) is 0 Å². The molecule has 2 fully saturated rings. The molecule has 144 valence electrons. The highest BCUT2D eigenvalue weighted by Gasteiger charge is 2.34. The van der Waals surface area contributed by atoms with Gasteiger partial charge >= 0.3 is 0 Å². The van der Waals surface area contributed by atoms with Gasteiger partial charge in [0, 0.05) is 34.8 Å². The fourth-order valence-corrected chi connectivity index (χ4v) is 3.71. The molecule has 3 aromatic heterocycles. The topological polar surface area (TPSA) is 94.1 Å². The SMILES string of the molecule is O=C(Nc1cccc(-c2ccno2)c1)c1cc(C2CC2)nc2onc(C3CC3)c12. The molecule has 4 aromatic rings. The maximum atomic E-state index is 13.3. The highest BCUT2D eigenvalue weighted by atomic mass is 16.5. The summed E-state index contributed by atoms with van der Waals surface area (Å²) >= 11 is 0. The van der Waals surface area contributed by atoms with E-state index in [1.54, 1.807) is 12.3 Å². The third-order valence-electron chi connectivity index (χ3n) is 5.54. The van der Waals surface area contributed by atoms with E-state index in [-0.39, 0.29) is 5.91 Å². The van der Waals surface area contributed by atoms with Gasteiger partial charge < -0.3 is 14.4 Å². The molecule has 6 rings (SSSR count). The molecule has 0 unspecified atom stereocenters. The van der Waals surface area contributed by atoms with Crippen LogP contribution in [0.25, 0.3) is 22.4 Å². The van der Waals surface area contributed by atoms with Crippen molar-refractivity contribution in [3.8, 4) is 11.3 Å². The second-order valence-electron chi connectivity index (χ2n) is 7.80. The molecule has 0 aliphatic heterocycles. The number of benzene rings is 1. The van der Waals surface area contributed by atoms with Crippen molar-refractivity contribution in [2.75, 3.05) is 5.32 Å². The lowest BCUT2D eigenvalue weighted by molar-refractivity contribution is 0.102. The predicted octanol–water partition coefficient (Wildman–Crippen LogP) is 4.88. The molecule has 1 N–H and O–H groups in total. The Morgan fingerprint density at radius 3 is 2.66 bits per heavy atom. The van der Waals surface area contributed by atoms with Gasteiger partial charge in [0.2, 0.25) is 0 Å². The first-order valence-corrected chi connectivity index (χ1v) is 9.89. The molecule has 2 aliphatic rings. The van der Waals surface area contributed by atoms with E-state index < -0.39 is 0 Å². The lowest BCUT2D eigenvalue weighted by Crippen LogP contribution is -2.13. The van der Waals surface area contributed by atoms with Crippen molar-refractivity contribution in [2.45, 2.75) is 37.5 Å². The molecule has 0 saturated heterocycles. The largest absolute Gasteiger partial charge is 0.356 e. The molecular weight excluding hydrogens is 368 g/mol. The summed E-state index contributed by atoms with van der Waals surface area (Å²) in [6, 6.07) is 11.2. The van der Waals surface area contributed by atoms with Crippen molar-refractivity contribution in [3.63, 3.8) is 0 Å². The van der Waals surface area contributed by atoms with Crippen LogP contribution in [0.5, 0.6) is 0 Å². The summed E-state index contributed by atoms with van der Waals surface area (Å²) in [7, 11) is 0. The zero-order chi connectivity index (χ0) is 19.4. The number of nitrogens with one attached hydrogen (secondary N) is 1. The molecule has 2 saturated carbocycles. The van der Waals surface area contributed by atoms with E-state index in [4.69, 9.17) is 9.05 Å². The average molecular weight is 386 g/mol. The highest BCUT2D eigenvalue weighted by Crippen LogP contribution is 2.45. The summed E-state index contributed by atoms with van der Waals surface area (Å²) < 4.78 is 10.7. The Morgan fingerprint density at radius 1 is 1.03 bits per heavy atom. The van der Waals surface area contributed by atoms with E-state index in [0.717, 1.165) is 48.0 Å². The number of aromatic nitrogens is 3. The number of rotatable bonds is 5. The van der Waals surface area contributed by atoms with Crippen LogP contribution in [-0.4, -0.2) is 21.2 Å². The van der Waals surface area contributed by atoms with Crippen LogP contribution in [0.1, 0.15) is 59.3 Å². The van der Waals surface area contributed by atoms with Crippen LogP contribution in [0, 0.1) is 0 Å². The van der Waals surface area contributed by atoms with E-state index in [1.807, 2.05) is 30.3 Å². The van der Waals surface area contributed by atoms with Crippen LogP contribution in [0.15, 0.2) is 51.6 Å². The van der Waals surface area contributed by atoms with Crippen LogP contribution >= 0.6 is 0 Å². The number of anilines is 1. The van der Waals surface area contributed by atoms with Crippen LogP contribution in [-0.2, 0) is 0 Å². The molecule has 0 spiro atoms. The van der Waals surface area contributed by atoms with E-state index in [9.17, 15) is 4.79 Å². The lowest BCUT2D eigenvalue weighted by atomic mass is 10.0. The van der Waals surface area contributed by atoms with Crippen molar-refractivity contribution in [2.24, 2.45) is 0 Å². The van der Waals surface area contributed by atoms with Crippen molar-refractivity contribution in [3.05, 3.63) is 59.5 Å². The first-order chi connectivity index (χ1) is 14.3. The Hall–Kier alpha value is -3.48. The quantitative estimate of drug-likeness (QED) is 0.525. The molecule has 7 nitrogen and oxygen atoms in total. The summed E-state index contributed by atoms with van der Waals surface area (Å²) in [6.07, 6.45) is 5.95. The van der Waals surface area contributed by atoms with Crippen LogP contribution in [0.4, 0.5) is 5.69 Å². The van der Waals surface area contributed by atoms with Gasteiger partial charge in [-0.25, -0.2) is 4.98 Å². The van der Waals surface area contributed by atoms with Gasteiger partial charge in [-0.3, -0.25) is 4.79 Å². The number of carbonyl (C=O) groups excluding carboxylic acids is 1. The second kappa shape index (κ2) is 6.27. The third kappa shape index (κ3) is 2.99. The number of hydrogen-bond donors (Lipinski definition) is 1. The summed E-state index contributed by atoms with van der Waals surface area (Å²) in [5.74, 6) is 1.25. The fraction of sp³-hybridized carbons (Fsp3) is 0.273. The Bertz CT molecular complexity index is 1220. The number of pyridine rings is 1. The van der Waals surface area contributed by atoms with Gasteiger partial charge in [-0.1, -0.05) is 22.4 Å². The molecule has 29 heavy (non-hydrogen) atoms. The summed E-state index contributed by atoms with van der Waals surface area (Å²) in [4.78, 5) is 17.9. The second-order valence-corrected chi connectivity index (χ2v) is 7.80. The highest BCUT2D eigenvalue weighted by molar-refractivity contribution is 6.12. The lowest BCUT2D eigenvalue weighted by Gasteiger charge is -2.09. The zero-order valence-corrected chi connectivity index (χ0v) is 15.6. The minimum absolute atomic E-state index is 0.181. The smallest absolute Gasteiger partial charge is 0.259 e. The van der Waals surface area contributed by atoms with Gasteiger partial charge in [-0.15, -0.1) is 0 Å². The number of amides is 1. The fourth-order valence-electron chi connectivity index (χ4n) is 3.71. The Balaban J connectivity index is 1.39. The molecule has 7 heteroatoms. The van der Waals surface area contributed by atoms with Crippen molar-refractivity contribution in [1.82, 2.24) is 15.3 Å². The molecule has 1 aromatic carbocycles. The molecule has 2 aliphatic carbocycles. The maximum absolute atomic E-state index is 13.3. The van der Waals surface area contributed by atoms with E-state index in [0.29, 0.717) is 34.6 Å². The van der Waals surface area contributed by atoms with Gasteiger partial charge in [0.05, 0.1) is 22.8 Å². The van der Waals surface area contributed by atoms with Gasteiger partial charge in [0.15, 0.2) is 5.76 Å². The number of fused-ring (bicyclic) bond motifs is 1. The van der Waals surface area contributed by atoms with Crippen LogP contribution in [0.2, 0.25) is 0 Å². The van der Waals surface area contributed by atoms with Crippen LogP contribution in [0.3, 0.4) is 0 Å². The zero-order valence-electron chi connectivity index (χ0n) is 15.6. The Morgan fingerprint density at radius 2 is 1.90 bits per heavy atom. The molecular formula is C22H18N4O3. The molecule has 0 bridgehead atoms. The monoisotopic (exact) mass is 386 g/mol. The van der Waals surface area contributed by atoms with Crippen molar-refractivity contribution >= 4 is 22.7 Å². The first kappa shape index (κ1) is 16.5. The number of carbonyl (C=O) groups is 1. The molecule has 0 atom stereocenters. The predicted molar refractivity (Wildman–Crippen MR) is 106 cm³/mol. The third-order valence-corrected chi connectivity index (χ3v) is 5.54. The molecule has 1 amide bonds. The maximum Gasteiger partial charge on any atom is 0.259 e. The standard InChI is InChI=1S/C22H18N4O3/c27-21(24-15-3-1-2-14(10-15)18-8-9-23-28-18)16-11-17(12-4-5-12)25-22-19(16)20(26-29-22)13-6-7-13/h1-3,8-13H,4-7H2,(H,24,27). The Labute approximate surface area is 166 Å². The van der Waals surface area contributed by atoms with Crippen LogP contribution < -0.4 is 5.32 Å². The minimum atomic E-state index is -0.181. The first-order valence-electron chi connectivity index (χ1n) is 9.89. The summed E-state index contributed by atoms with van der Waals surface area (Å²) in [5.41, 5.74) is 4.36. The normalized spacial score (nSPS) is 16.3. The van der Waals surface area contributed by atoms with Gasteiger partial charge in [0.25, 0.3) is 11.6 Å². The summed E-state index contributed by atoms with van der Waals surface area (Å²) in [6.45, 7) is 0. The van der Waals surface area contributed by atoms with Gasteiger partial charge in [0.1, 0.15) is 0 Å². The minimum Gasteiger partial charge on any atom is -0.356 e. The number of hydrogen-bond acceptors (Lipinski definition) is 6. The number of nitrogens with zero attached hydrogens (tertiary/aromatic N) is 3. The van der Waals surface area contributed by atoms with E-state index >= 15 is 0 Å². The van der Waals surface area contributed by atoms with Gasteiger partial charge in [-0.05, 0) is 43.9 Å².